The number of amides is 1. The summed E-state index contributed by atoms with van der Waals surface area (Å²) in [5.41, 5.74) is 0.985. The van der Waals surface area contributed by atoms with Crippen LogP contribution in [-0.2, 0) is 9.53 Å². The number of aryl methyl sites for hydroxylation is 1. The quantitative estimate of drug-likeness (QED) is 0.781. The molecule has 9 heteroatoms. The lowest BCUT2D eigenvalue weighted by Crippen LogP contribution is -2.52. The van der Waals surface area contributed by atoms with E-state index in [-0.39, 0.29) is 5.91 Å². The third-order valence-electron chi connectivity index (χ3n) is 4.52. The minimum atomic E-state index is 0.223. The van der Waals surface area contributed by atoms with E-state index in [0.717, 1.165) is 68.3 Å². The van der Waals surface area contributed by atoms with Crippen LogP contribution in [0.15, 0.2) is 6.20 Å². The molecule has 2 saturated heterocycles. The van der Waals surface area contributed by atoms with E-state index in [1.807, 2.05) is 22.5 Å². The van der Waals surface area contributed by atoms with Gasteiger partial charge in [0.2, 0.25) is 16.0 Å². The van der Waals surface area contributed by atoms with E-state index < -0.39 is 0 Å². The van der Waals surface area contributed by atoms with Gasteiger partial charge in [-0.2, -0.15) is 0 Å². The van der Waals surface area contributed by atoms with Crippen molar-refractivity contribution in [2.75, 3.05) is 63.9 Å². The lowest BCUT2D eigenvalue weighted by Gasteiger charge is -2.36. The maximum atomic E-state index is 12.4. The monoisotopic (exact) mass is 350 g/mol. The number of aromatic nitrogens is 3. The summed E-state index contributed by atoms with van der Waals surface area (Å²) in [6.45, 7) is 8.80. The van der Waals surface area contributed by atoms with Crippen molar-refractivity contribution in [1.29, 1.82) is 0 Å². The lowest BCUT2D eigenvalue weighted by atomic mass is 10.3. The smallest absolute Gasteiger partial charge is 0.236 e. The zero-order valence-electron chi connectivity index (χ0n) is 13.8. The molecule has 24 heavy (non-hydrogen) atoms. The van der Waals surface area contributed by atoms with Gasteiger partial charge >= 0.3 is 0 Å². The average molecular weight is 350 g/mol. The van der Waals surface area contributed by atoms with E-state index in [0.29, 0.717) is 6.54 Å². The van der Waals surface area contributed by atoms with Crippen molar-refractivity contribution in [2.45, 2.75) is 6.92 Å². The van der Waals surface area contributed by atoms with Crippen LogP contribution in [0.5, 0.6) is 0 Å². The number of hydrogen-bond donors (Lipinski definition) is 0. The number of anilines is 1. The van der Waals surface area contributed by atoms with Crippen LogP contribution >= 0.6 is 11.3 Å². The number of morpholine rings is 1. The van der Waals surface area contributed by atoms with Crippen LogP contribution in [0, 0.1) is 6.92 Å². The molecule has 8 nitrogen and oxygen atoms in total. The van der Waals surface area contributed by atoms with Crippen molar-refractivity contribution < 1.29 is 9.53 Å². The Morgan fingerprint density at radius 3 is 2.67 bits per heavy atom. The van der Waals surface area contributed by atoms with Crippen LogP contribution in [0.1, 0.15) is 5.69 Å². The fourth-order valence-corrected chi connectivity index (χ4v) is 4.10. The van der Waals surface area contributed by atoms with Crippen molar-refractivity contribution in [2.24, 2.45) is 0 Å². The predicted octanol–water partition coefficient (Wildman–Crippen LogP) is 0.0800. The Morgan fingerprint density at radius 2 is 1.96 bits per heavy atom. The molecule has 0 bridgehead atoms. The molecule has 4 rings (SSSR count). The third-order valence-corrected chi connectivity index (χ3v) is 5.50. The van der Waals surface area contributed by atoms with Crippen LogP contribution in [-0.4, -0.2) is 89.3 Å². The first-order valence-electron chi connectivity index (χ1n) is 8.35. The molecule has 0 radical (unpaired) electrons. The second kappa shape index (κ2) is 6.66. The molecule has 2 aromatic rings. The molecule has 4 heterocycles. The Labute approximate surface area is 144 Å². The summed E-state index contributed by atoms with van der Waals surface area (Å²) >= 11 is 1.60. The molecule has 1 amide bonds. The van der Waals surface area contributed by atoms with Crippen LogP contribution in [0.4, 0.5) is 5.13 Å². The van der Waals surface area contributed by atoms with Gasteiger partial charge in [-0.05, 0) is 6.92 Å². The van der Waals surface area contributed by atoms with Crippen LogP contribution in [0.25, 0.3) is 4.96 Å². The Bertz CT molecular complexity index is 683. The molecule has 2 aromatic heterocycles. The first-order chi connectivity index (χ1) is 11.7. The molecule has 0 aliphatic carbocycles. The summed E-state index contributed by atoms with van der Waals surface area (Å²) in [4.78, 5) is 24.2. The molecule has 0 aromatic carbocycles. The number of piperazine rings is 1. The van der Waals surface area contributed by atoms with Gasteiger partial charge < -0.3 is 14.5 Å². The van der Waals surface area contributed by atoms with Gasteiger partial charge in [0.25, 0.3) is 0 Å². The van der Waals surface area contributed by atoms with Crippen molar-refractivity contribution in [1.82, 2.24) is 24.4 Å². The maximum Gasteiger partial charge on any atom is 0.236 e. The molecular formula is C15H22N6O2S. The Balaban J connectivity index is 1.32. The first kappa shape index (κ1) is 15.8. The van der Waals surface area contributed by atoms with E-state index in [1.165, 1.54) is 0 Å². The van der Waals surface area contributed by atoms with Crippen LogP contribution < -0.4 is 4.90 Å². The molecule has 0 N–H and O–H groups in total. The maximum absolute atomic E-state index is 12.4. The second-order valence-corrected chi connectivity index (χ2v) is 7.18. The molecular weight excluding hydrogens is 328 g/mol. The van der Waals surface area contributed by atoms with Crippen molar-refractivity contribution in [3.8, 4) is 0 Å². The number of carbonyl (C=O) groups is 1. The van der Waals surface area contributed by atoms with Gasteiger partial charge in [0.05, 0.1) is 31.6 Å². The van der Waals surface area contributed by atoms with Crippen molar-refractivity contribution >= 4 is 27.3 Å². The summed E-state index contributed by atoms with van der Waals surface area (Å²) in [5.74, 6) is 0.223. The highest BCUT2D eigenvalue weighted by atomic mass is 32.1. The summed E-state index contributed by atoms with van der Waals surface area (Å²) in [7, 11) is 0. The molecule has 2 aliphatic rings. The number of fused-ring (bicyclic) bond motifs is 1. The largest absolute Gasteiger partial charge is 0.379 e. The number of imidazole rings is 1. The summed E-state index contributed by atoms with van der Waals surface area (Å²) in [6, 6.07) is 0. The fourth-order valence-electron chi connectivity index (χ4n) is 3.12. The molecule has 0 saturated carbocycles. The number of rotatable bonds is 3. The Kier molecular flexibility index (Phi) is 4.38. The zero-order valence-corrected chi connectivity index (χ0v) is 14.7. The van der Waals surface area contributed by atoms with E-state index in [1.54, 1.807) is 11.3 Å². The molecule has 0 unspecified atom stereocenters. The highest BCUT2D eigenvalue weighted by molar-refractivity contribution is 7.20. The van der Waals surface area contributed by atoms with Gasteiger partial charge in [-0.15, -0.1) is 5.10 Å². The minimum absolute atomic E-state index is 0.223. The van der Waals surface area contributed by atoms with E-state index in [9.17, 15) is 4.79 Å². The fraction of sp³-hybridized carbons (Fsp3) is 0.667. The normalized spacial score (nSPS) is 20.0. The third kappa shape index (κ3) is 3.24. The summed E-state index contributed by atoms with van der Waals surface area (Å²) < 4.78 is 7.17. The Hall–Kier alpha value is -1.71. The van der Waals surface area contributed by atoms with Gasteiger partial charge in [0.15, 0.2) is 0 Å². The highest BCUT2D eigenvalue weighted by Crippen LogP contribution is 2.24. The standard InChI is InChI=1S/C15H22N6O2S/c1-12-10-21-14(16-12)24-15(17-21)20-4-2-19(3-5-20)13(22)11-18-6-8-23-9-7-18/h10H,2-9,11H2,1H3. The molecule has 0 atom stereocenters. The minimum Gasteiger partial charge on any atom is -0.379 e. The Morgan fingerprint density at radius 1 is 1.21 bits per heavy atom. The number of carbonyl (C=O) groups excluding carboxylic acids is 1. The van der Waals surface area contributed by atoms with Crippen LogP contribution in [0.2, 0.25) is 0 Å². The van der Waals surface area contributed by atoms with Gasteiger partial charge in [-0.25, -0.2) is 9.50 Å². The van der Waals surface area contributed by atoms with Gasteiger partial charge in [-0.3, -0.25) is 9.69 Å². The van der Waals surface area contributed by atoms with E-state index in [2.05, 4.69) is 19.9 Å². The van der Waals surface area contributed by atoms with Gasteiger partial charge in [0, 0.05) is 39.3 Å². The molecule has 2 fully saturated rings. The van der Waals surface area contributed by atoms with Gasteiger partial charge in [-0.1, -0.05) is 11.3 Å². The number of nitrogens with zero attached hydrogens (tertiary/aromatic N) is 6. The van der Waals surface area contributed by atoms with E-state index >= 15 is 0 Å². The number of ether oxygens (including phenoxy) is 1. The SMILES string of the molecule is Cc1cn2nc(N3CCN(C(=O)CN4CCOCC4)CC3)sc2n1. The first-order valence-corrected chi connectivity index (χ1v) is 9.16. The second-order valence-electron chi connectivity index (χ2n) is 6.25. The highest BCUT2D eigenvalue weighted by Gasteiger charge is 2.25. The summed E-state index contributed by atoms with van der Waals surface area (Å²) in [5, 5.41) is 5.58. The average Bonchev–Trinajstić information content (AvgIpc) is 3.13. The van der Waals surface area contributed by atoms with Crippen LogP contribution in [0.3, 0.4) is 0 Å². The van der Waals surface area contributed by atoms with Crippen molar-refractivity contribution in [3.63, 3.8) is 0 Å². The summed E-state index contributed by atoms with van der Waals surface area (Å²) in [6.07, 6.45) is 1.94. The molecule has 0 spiro atoms. The molecule has 2 aliphatic heterocycles. The zero-order chi connectivity index (χ0) is 16.5. The lowest BCUT2D eigenvalue weighted by molar-refractivity contribution is -0.133. The topological polar surface area (TPSA) is 66.2 Å². The van der Waals surface area contributed by atoms with Gasteiger partial charge in [0.1, 0.15) is 0 Å². The molecule has 130 valence electrons. The predicted molar refractivity (Wildman–Crippen MR) is 91.7 cm³/mol. The number of hydrogen-bond acceptors (Lipinski definition) is 7. The van der Waals surface area contributed by atoms with E-state index in [4.69, 9.17) is 4.74 Å². The van der Waals surface area contributed by atoms with Crippen molar-refractivity contribution in [3.05, 3.63) is 11.9 Å².